The fraction of sp³-hybridized carbons (Fsp3) is 0.190. The van der Waals surface area contributed by atoms with Gasteiger partial charge in [-0.15, -0.1) is 10.2 Å². The predicted octanol–water partition coefficient (Wildman–Crippen LogP) is 3.49. The molecule has 1 aliphatic heterocycles. The molecule has 0 unspecified atom stereocenters. The van der Waals surface area contributed by atoms with Crippen LogP contribution in [0.5, 0.6) is 0 Å². The van der Waals surface area contributed by atoms with Crippen molar-refractivity contribution < 1.29 is 4.79 Å². The van der Waals surface area contributed by atoms with Gasteiger partial charge >= 0.3 is 0 Å². The summed E-state index contributed by atoms with van der Waals surface area (Å²) in [5.41, 5.74) is 4.56. The maximum absolute atomic E-state index is 12.4. The van der Waals surface area contributed by atoms with Crippen molar-refractivity contribution in [3.63, 3.8) is 0 Å². The summed E-state index contributed by atoms with van der Waals surface area (Å²) >= 11 is 0. The Hall–Kier alpha value is -3.41. The number of rotatable bonds is 4. The molecule has 0 bridgehead atoms. The van der Waals surface area contributed by atoms with Gasteiger partial charge in [0.2, 0.25) is 0 Å². The molecule has 2 aromatic carbocycles. The summed E-state index contributed by atoms with van der Waals surface area (Å²) in [5.74, 6) is 0.486. The molecular formula is C21H21N5O. The summed E-state index contributed by atoms with van der Waals surface area (Å²) in [6, 6.07) is 19.5. The number of anilines is 4. The van der Waals surface area contributed by atoms with E-state index in [4.69, 9.17) is 0 Å². The van der Waals surface area contributed by atoms with Crippen molar-refractivity contribution >= 4 is 28.8 Å². The second-order valence-corrected chi connectivity index (χ2v) is 6.70. The molecule has 0 aliphatic carbocycles. The standard InChI is InChI=1S/C21H21N5O/c1-25(2)17-9-7-16(8-10-17)22-21(27)18-11-12-20(24-23-18)26-14-13-15-5-3-4-6-19(15)26/h3-12H,13-14H2,1-2H3,(H,22,27). The van der Waals surface area contributed by atoms with Crippen LogP contribution in [0.15, 0.2) is 60.7 Å². The Morgan fingerprint density at radius 3 is 2.48 bits per heavy atom. The van der Waals surface area contributed by atoms with E-state index in [1.54, 1.807) is 6.07 Å². The molecular weight excluding hydrogens is 338 g/mol. The fourth-order valence-corrected chi connectivity index (χ4v) is 3.20. The first-order chi connectivity index (χ1) is 13.1. The van der Waals surface area contributed by atoms with Gasteiger partial charge in [0.15, 0.2) is 11.5 Å². The van der Waals surface area contributed by atoms with Crippen molar-refractivity contribution in [2.75, 3.05) is 35.8 Å². The summed E-state index contributed by atoms with van der Waals surface area (Å²) in [6.07, 6.45) is 0.989. The van der Waals surface area contributed by atoms with Crippen LogP contribution in [0, 0.1) is 0 Å². The highest BCUT2D eigenvalue weighted by Gasteiger charge is 2.21. The van der Waals surface area contributed by atoms with Crippen molar-refractivity contribution in [2.45, 2.75) is 6.42 Å². The van der Waals surface area contributed by atoms with E-state index < -0.39 is 0 Å². The van der Waals surface area contributed by atoms with Crippen molar-refractivity contribution in [2.24, 2.45) is 0 Å². The molecule has 136 valence electrons. The Morgan fingerprint density at radius 1 is 1.00 bits per heavy atom. The van der Waals surface area contributed by atoms with Crippen molar-refractivity contribution in [3.05, 3.63) is 71.9 Å². The molecule has 1 aromatic heterocycles. The molecule has 0 saturated carbocycles. The van der Waals surface area contributed by atoms with E-state index in [2.05, 4.69) is 32.5 Å². The Bertz CT molecular complexity index is 951. The zero-order valence-corrected chi connectivity index (χ0v) is 15.4. The number of benzene rings is 2. The van der Waals surface area contributed by atoms with E-state index in [9.17, 15) is 4.79 Å². The van der Waals surface area contributed by atoms with Gasteiger partial charge in [0.25, 0.3) is 5.91 Å². The largest absolute Gasteiger partial charge is 0.378 e. The number of carbonyl (C=O) groups excluding carboxylic acids is 1. The Morgan fingerprint density at radius 2 is 1.78 bits per heavy atom. The first-order valence-corrected chi connectivity index (χ1v) is 8.90. The third-order valence-electron chi connectivity index (χ3n) is 4.69. The smallest absolute Gasteiger partial charge is 0.276 e. The summed E-state index contributed by atoms with van der Waals surface area (Å²) in [7, 11) is 3.95. The average molecular weight is 359 g/mol. The number of aromatic nitrogens is 2. The Labute approximate surface area is 158 Å². The quantitative estimate of drug-likeness (QED) is 0.773. The molecule has 2 heterocycles. The molecule has 1 amide bonds. The number of fused-ring (bicyclic) bond motifs is 1. The number of amides is 1. The Balaban J connectivity index is 1.47. The van der Waals surface area contributed by atoms with E-state index in [0.717, 1.165) is 35.8 Å². The third-order valence-corrected chi connectivity index (χ3v) is 4.69. The van der Waals surface area contributed by atoms with E-state index >= 15 is 0 Å². The summed E-state index contributed by atoms with van der Waals surface area (Å²) in [4.78, 5) is 16.6. The van der Waals surface area contributed by atoms with E-state index in [0.29, 0.717) is 5.69 Å². The van der Waals surface area contributed by atoms with Crippen LogP contribution >= 0.6 is 0 Å². The summed E-state index contributed by atoms with van der Waals surface area (Å²) < 4.78 is 0. The van der Waals surface area contributed by atoms with Gasteiger partial charge in [-0.1, -0.05) is 18.2 Å². The first kappa shape index (κ1) is 17.0. The topological polar surface area (TPSA) is 61.4 Å². The van der Waals surface area contributed by atoms with E-state index in [1.807, 2.05) is 61.5 Å². The highest BCUT2D eigenvalue weighted by atomic mass is 16.1. The highest BCUT2D eigenvalue weighted by molar-refractivity contribution is 6.02. The molecule has 4 rings (SSSR count). The number of hydrogen-bond acceptors (Lipinski definition) is 5. The van der Waals surface area contributed by atoms with E-state index in [1.165, 1.54) is 5.56 Å². The van der Waals surface area contributed by atoms with Crippen molar-refractivity contribution in [1.82, 2.24) is 10.2 Å². The zero-order chi connectivity index (χ0) is 18.8. The molecule has 6 heteroatoms. The first-order valence-electron chi connectivity index (χ1n) is 8.90. The summed E-state index contributed by atoms with van der Waals surface area (Å²) in [5, 5.41) is 11.2. The van der Waals surface area contributed by atoms with Crippen LogP contribution in [0.2, 0.25) is 0 Å². The molecule has 0 radical (unpaired) electrons. The van der Waals surface area contributed by atoms with Gasteiger partial charge in [0.1, 0.15) is 0 Å². The van der Waals surface area contributed by atoms with Gasteiger partial charge in [-0.05, 0) is 54.4 Å². The third kappa shape index (κ3) is 3.46. The lowest BCUT2D eigenvalue weighted by Crippen LogP contribution is -2.18. The minimum atomic E-state index is -0.270. The van der Waals surface area contributed by atoms with E-state index in [-0.39, 0.29) is 5.91 Å². The van der Waals surface area contributed by atoms with Gasteiger partial charge in [0, 0.05) is 37.7 Å². The lowest BCUT2D eigenvalue weighted by atomic mass is 10.2. The maximum Gasteiger partial charge on any atom is 0.276 e. The van der Waals surface area contributed by atoms with Gasteiger partial charge in [-0.25, -0.2) is 0 Å². The SMILES string of the molecule is CN(C)c1ccc(NC(=O)c2ccc(N3CCc4ccccc43)nn2)cc1. The predicted molar refractivity (Wildman–Crippen MR) is 108 cm³/mol. The number of nitrogens with one attached hydrogen (secondary N) is 1. The normalized spacial score (nSPS) is 12.6. The van der Waals surface area contributed by atoms with Crippen molar-refractivity contribution in [3.8, 4) is 0 Å². The van der Waals surface area contributed by atoms with Crippen LogP contribution in [0.25, 0.3) is 0 Å². The molecule has 6 nitrogen and oxygen atoms in total. The second-order valence-electron chi connectivity index (χ2n) is 6.70. The summed E-state index contributed by atoms with van der Waals surface area (Å²) in [6.45, 7) is 0.873. The lowest BCUT2D eigenvalue weighted by Gasteiger charge is -2.17. The van der Waals surface area contributed by atoms with Crippen LogP contribution < -0.4 is 15.1 Å². The minimum Gasteiger partial charge on any atom is -0.378 e. The monoisotopic (exact) mass is 359 g/mol. The average Bonchev–Trinajstić information content (AvgIpc) is 3.12. The van der Waals surface area contributed by atoms with Crippen LogP contribution in [0.1, 0.15) is 16.1 Å². The Kier molecular flexibility index (Phi) is 4.46. The van der Waals surface area contributed by atoms with Gasteiger partial charge in [-0.2, -0.15) is 0 Å². The zero-order valence-electron chi connectivity index (χ0n) is 15.4. The fourth-order valence-electron chi connectivity index (χ4n) is 3.20. The highest BCUT2D eigenvalue weighted by Crippen LogP contribution is 2.32. The number of para-hydroxylation sites is 1. The van der Waals surface area contributed by atoms with Crippen LogP contribution in [-0.4, -0.2) is 36.7 Å². The number of carbonyl (C=O) groups is 1. The molecule has 1 N–H and O–H groups in total. The molecule has 27 heavy (non-hydrogen) atoms. The molecule has 0 atom stereocenters. The minimum absolute atomic E-state index is 0.270. The molecule has 0 spiro atoms. The number of hydrogen-bond donors (Lipinski definition) is 1. The van der Waals surface area contributed by atoms with Gasteiger partial charge in [0.05, 0.1) is 0 Å². The van der Waals surface area contributed by atoms with Crippen LogP contribution in [0.3, 0.4) is 0 Å². The lowest BCUT2D eigenvalue weighted by molar-refractivity contribution is 0.102. The number of nitrogens with zero attached hydrogens (tertiary/aromatic N) is 4. The van der Waals surface area contributed by atoms with Crippen LogP contribution in [0.4, 0.5) is 22.9 Å². The molecule has 1 aliphatic rings. The maximum atomic E-state index is 12.4. The van der Waals surface area contributed by atoms with Gasteiger partial charge < -0.3 is 15.1 Å². The van der Waals surface area contributed by atoms with Gasteiger partial charge in [-0.3, -0.25) is 4.79 Å². The van der Waals surface area contributed by atoms with Crippen molar-refractivity contribution in [1.29, 1.82) is 0 Å². The van der Waals surface area contributed by atoms with Crippen LogP contribution in [-0.2, 0) is 6.42 Å². The molecule has 0 fully saturated rings. The molecule has 3 aromatic rings. The molecule has 0 saturated heterocycles. The second kappa shape index (κ2) is 7.07.